The summed E-state index contributed by atoms with van der Waals surface area (Å²) >= 11 is 7.43. The number of benzene rings is 1. The van der Waals surface area contributed by atoms with Gasteiger partial charge in [0.1, 0.15) is 5.75 Å². The number of pyridine rings is 1. The van der Waals surface area contributed by atoms with Crippen molar-refractivity contribution in [3.8, 4) is 5.75 Å². The third kappa shape index (κ3) is 6.17. The number of thioether (sulfide) groups is 1. The van der Waals surface area contributed by atoms with Gasteiger partial charge in [0, 0.05) is 24.0 Å². The Bertz CT molecular complexity index is 1090. The van der Waals surface area contributed by atoms with E-state index in [1.54, 1.807) is 25.4 Å². The molecule has 0 saturated heterocycles. The fourth-order valence-corrected chi connectivity index (χ4v) is 4.93. The van der Waals surface area contributed by atoms with Gasteiger partial charge in [0.25, 0.3) is 0 Å². The van der Waals surface area contributed by atoms with E-state index >= 15 is 0 Å². The van der Waals surface area contributed by atoms with Gasteiger partial charge in [-0.2, -0.15) is 0 Å². The highest BCUT2D eigenvalue weighted by atomic mass is 35.5. The highest BCUT2D eigenvalue weighted by molar-refractivity contribution is 7.99. The third-order valence-electron chi connectivity index (χ3n) is 5.56. The van der Waals surface area contributed by atoms with Crippen LogP contribution in [0.2, 0.25) is 5.15 Å². The molecule has 2 N–H and O–H groups in total. The lowest BCUT2D eigenvalue weighted by Gasteiger charge is -2.25. The molecule has 2 aromatic heterocycles. The number of hydrogen-bond acceptors (Lipinski definition) is 7. The summed E-state index contributed by atoms with van der Waals surface area (Å²) < 4.78 is 7.52. The third-order valence-corrected chi connectivity index (χ3v) is 6.81. The molecule has 0 aliphatic heterocycles. The van der Waals surface area contributed by atoms with E-state index in [-0.39, 0.29) is 16.8 Å². The van der Waals surface area contributed by atoms with E-state index in [2.05, 4.69) is 30.4 Å². The monoisotopic (exact) mass is 486 g/mol. The number of aromatic nitrogens is 4. The van der Waals surface area contributed by atoms with Crippen LogP contribution in [-0.4, -0.2) is 38.5 Å². The number of amides is 1. The number of carbonyl (C=O) groups excluding carboxylic acids is 1. The Balaban J connectivity index is 1.45. The number of carbonyl (C=O) groups is 1. The largest absolute Gasteiger partial charge is 0.497 e. The minimum absolute atomic E-state index is 0.163. The van der Waals surface area contributed by atoms with Crippen molar-refractivity contribution >= 4 is 40.6 Å². The van der Waals surface area contributed by atoms with Crippen molar-refractivity contribution in [2.75, 3.05) is 23.5 Å². The van der Waals surface area contributed by atoms with Gasteiger partial charge in [-0.1, -0.05) is 48.7 Å². The van der Waals surface area contributed by atoms with Crippen molar-refractivity contribution in [1.82, 2.24) is 19.7 Å². The van der Waals surface area contributed by atoms with Crippen molar-refractivity contribution < 1.29 is 9.53 Å². The van der Waals surface area contributed by atoms with Crippen LogP contribution in [-0.2, 0) is 11.3 Å². The summed E-state index contributed by atoms with van der Waals surface area (Å²) in [7, 11) is 1.65. The maximum absolute atomic E-state index is 12.5. The van der Waals surface area contributed by atoms with Crippen LogP contribution >= 0.6 is 23.4 Å². The topological polar surface area (TPSA) is 94.0 Å². The average Bonchev–Trinajstić information content (AvgIpc) is 3.26. The van der Waals surface area contributed by atoms with E-state index in [1.807, 2.05) is 24.3 Å². The Kier molecular flexibility index (Phi) is 8.06. The molecule has 4 rings (SSSR count). The van der Waals surface area contributed by atoms with Crippen LogP contribution in [0.5, 0.6) is 5.75 Å². The lowest BCUT2D eigenvalue weighted by Crippen LogP contribution is -2.19. The Labute approximate surface area is 202 Å². The lowest BCUT2D eigenvalue weighted by atomic mass is 9.95. The first-order valence-electron chi connectivity index (χ1n) is 11.0. The molecular formula is C23H27ClN6O2S. The summed E-state index contributed by atoms with van der Waals surface area (Å²) in [5, 5.41) is 16.1. The van der Waals surface area contributed by atoms with Crippen molar-refractivity contribution in [2.45, 2.75) is 49.8 Å². The fourth-order valence-electron chi connectivity index (χ4n) is 3.94. The molecule has 0 spiro atoms. The minimum Gasteiger partial charge on any atom is -0.497 e. The molecular weight excluding hydrogens is 460 g/mol. The zero-order chi connectivity index (χ0) is 23.0. The smallest absolute Gasteiger partial charge is 0.234 e. The molecule has 8 nitrogen and oxygen atoms in total. The quantitative estimate of drug-likeness (QED) is 0.317. The zero-order valence-corrected chi connectivity index (χ0v) is 20.0. The summed E-state index contributed by atoms with van der Waals surface area (Å²) in [6, 6.07) is 11.6. The summed E-state index contributed by atoms with van der Waals surface area (Å²) in [6.45, 7) is 0.536. The van der Waals surface area contributed by atoms with Crippen molar-refractivity contribution in [3.05, 3.63) is 53.6 Å². The Morgan fingerprint density at radius 1 is 1.21 bits per heavy atom. The molecule has 1 fully saturated rings. The normalized spacial score (nSPS) is 14.1. The van der Waals surface area contributed by atoms with Crippen LogP contribution in [0, 0.1) is 0 Å². The number of rotatable bonds is 9. The molecule has 1 aliphatic carbocycles. The van der Waals surface area contributed by atoms with Gasteiger partial charge in [-0.25, -0.2) is 4.98 Å². The fraction of sp³-hybridized carbons (Fsp3) is 0.391. The average molecular weight is 487 g/mol. The summed E-state index contributed by atoms with van der Waals surface area (Å²) in [5.74, 6) is 1.70. The Hall–Kier alpha value is -2.78. The first kappa shape index (κ1) is 23.4. The van der Waals surface area contributed by atoms with E-state index in [0.717, 1.165) is 35.3 Å². The molecule has 1 saturated carbocycles. The molecule has 0 atom stereocenters. The van der Waals surface area contributed by atoms with Gasteiger partial charge >= 0.3 is 0 Å². The second kappa shape index (κ2) is 11.4. The summed E-state index contributed by atoms with van der Waals surface area (Å²) in [6.07, 6.45) is 7.41. The number of nitrogens with zero attached hydrogens (tertiary/aromatic N) is 4. The van der Waals surface area contributed by atoms with E-state index < -0.39 is 0 Å². The molecule has 1 aliphatic rings. The van der Waals surface area contributed by atoms with Crippen molar-refractivity contribution in [1.29, 1.82) is 0 Å². The number of hydrogen-bond donors (Lipinski definition) is 2. The molecule has 10 heteroatoms. The van der Waals surface area contributed by atoms with Gasteiger partial charge in [0.2, 0.25) is 5.91 Å². The highest BCUT2D eigenvalue weighted by Gasteiger charge is 2.23. The summed E-state index contributed by atoms with van der Waals surface area (Å²) in [5.41, 5.74) is 1.45. The second-order valence-corrected chi connectivity index (χ2v) is 9.13. The first-order valence-corrected chi connectivity index (χ1v) is 12.4. The lowest BCUT2D eigenvalue weighted by molar-refractivity contribution is -0.113. The minimum atomic E-state index is -0.163. The highest BCUT2D eigenvalue weighted by Crippen LogP contribution is 2.33. The standard InChI is InChI=1S/C23H27ClN6O2S/c1-32-18-10-5-7-16(13-18)26-14-20-28-29-23(30(20)17-8-3-2-4-9-17)33-15-21(31)27-19-11-6-12-25-22(19)24/h5-7,10-13,17,26H,2-4,8-9,14-15H2,1H3,(H,27,31). The van der Waals surface area contributed by atoms with Crippen LogP contribution in [0.3, 0.4) is 0 Å². The predicted molar refractivity (Wildman–Crippen MR) is 131 cm³/mol. The van der Waals surface area contributed by atoms with Gasteiger partial charge in [-0.3, -0.25) is 4.79 Å². The zero-order valence-electron chi connectivity index (χ0n) is 18.5. The van der Waals surface area contributed by atoms with Crippen LogP contribution in [0.15, 0.2) is 47.8 Å². The number of methoxy groups -OCH3 is 1. The Morgan fingerprint density at radius 3 is 2.85 bits per heavy atom. The molecule has 0 bridgehead atoms. The van der Waals surface area contributed by atoms with Gasteiger partial charge in [-0.05, 0) is 37.1 Å². The Morgan fingerprint density at radius 2 is 2.06 bits per heavy atom. The first-order chi connectivity index (χ1) is 16.1. The molecule has 0 radical (unpaired) electrons. The van der Waals surface area contributed by atoms with E-state index in [9.17, 15) is 4.79 Å². The summed E-state index contributed by atoms with van der Waals surface area (Å²) in [4.78, 5) is 16.5. The van der Waals surface area contributed by atoms with E-state index in [0.29, 0.717) is 18.3 Å². The van der Waals surface area contributed by atoms with Crippen molar-refractivity contribution in [2.24, 2.45) is 0 Å². The SMILES string of the molecule is COc1cccc(NCc2nnc(SCC(=O)Nc3cccnc3Cl)n2C2CCCCC2)c1. The van der Waals surface area contributed by atoms with Gasteiger partial charge in [-0.15, -0.1) is 10.2 Å². The maximum atomic E-state index is 12.5. The second-order valence-electron chi connectivity index (χ2n) is 7.82. The molecule has 1 amide bonds. The van der Waals surface area contributed by atoms with Crippen LogP contribution in [0.4, 0.5) is 11.4 Å². The van der Waals surface area contributed by atoms with Crippen LogP contribution in [0.1, 0.15) is 44.0 Å². The van der Waals surface area contributed by atoms with Gasteiger partial charge < -0.3 is 19.9 Å². The van der Waals surface area contributed by atoms with Crippen LogP contribution < -0.4 is 15.4 Å². The number of nitrogens with one attached hydrogen (secondary N) is 2. The molecule has 33 heavy (non-hydrogen) atoms. The molecule has 2 heterocycles. The van der Waals surface area contributed by atoms with E-state index in [4.69, 9.17) is 16.3 Å². The maximum Gasteiger partial charge on any atom is 0.234 e. The van der Waals surface area contributed by atoms with E-state index in [1.165, 1.54) is 31.0 Å². The van der Waals surface area contributed by atoms with Crippen molar-refractivity contribution in [3.63, 3.8) is 0 Å². The molecule has 0 unspecified atom stereocenters. The predicted octanol–water partition coefficient (Wildman–Crippen LogP) is 5.18. The number of halogens is 1. The van der Waals surface area contributed by atoms with Gasteiger partial charge in [0.15, 0.2) is 16.1 Å². The van der Waals surface area contributed by atoms with Crippen LogP contribution in [0.25, 0.3) is 0 Å². The number of anilines is 2. The molecule has 174 valence electrons. The number of ether oxygens (including phenoxy) is 1. The molecule has 3 aromatic rings. The molecule has 1 aromatic carbocycles. The van der Waals surface area contributed by atoms with Gasteiger partial charge in [0.05, 0.1) is 25.1 Å².